The fourth-order valence-corrected chi connectivity index (χ4v) is 0.911. The average Bonchev–Trinajstić information content (AvgIpc) is 2.60. The van der Waals surface area contributed by atoms with E-state index in [-0.39, 0.29) is 0 Å². The standard InChI is InChI=1S/C5H5N.C3H6NOP/c1-2-4-6-5-3-1;6-3-4-1-2-5-3/h1-5H;1-2,6H2. The average molecular weight is 182 g/mol. The highest BCUT2D eigenvalue weighted by molar-refractivity contribution is 7.39. The van der Waals surface area contributed by atoms with Gasteiger partial charge in [-0.2, -0.15) is 0 Å². The second-order valence-corrected chi connectivity index (χ2v) is 2.59. The summed E-state index contributed by atoms with van der Waals surface area (Å²) in [5, 5.41) is 0. The number of pyridine rings is 1. The summed E-state index contributed by atoms with van der Waals surface area (Å²) >= 11 is 0. The summed E-state index contributed by atoms with van der Waals surface area (Å²) < 4.78 is 4.87. The number of hydrogen-bond donors (Lipinski definition) is 0. The smallest absolute Gasteiger partial charge is 0.199 e. The van der Waals surface area contributed by atoms with Gasteiger partial charge in [0.1, 0.15) is 6.61 Å². The Balaban J connectivity index is 0.000000120. The minimum absolute atomic E-state index is 0.745. The molecule has 64 valence electrons. The molecule has 1 unspecified atom stereocenters. The molecule has 0 fully saturated rings. The Labute approximate surface area is 74.1 Å². The van der Waals surface area contributed by atoms with Crippen LogP contribution in [0.5, 0.6) is 0 Å². The number of ether oxygens (including phenoxy) is 1. The van der Waals surface area contributed by atoms with Crippen molar-refractivity contribution in [3.8, 4) is 0 Å². The van der Waals surface area contributed by atoms with Crippen LogP contribution in [0.2, 0.25) is 0 Å². The molecule has 1 aromatic rings. The molecule has 0 N–H and O–H groups in total. The Morgan fingerprint density at radius 2 is 2.00 bits per heavy atom. The Bertz CT molecular complexity index is 211. The molecule has 0 spiro atoms. The molecule has 0 amide bonds. The zero-order chi connectivity index (χ0) is 8.65. The van der Waals surface area contributed by atoms with Crippen LogP contribution in [0.1, 0.15) is 0 Å². The summed E-state index contributed by atoms with van der Waals surface area (Å²) in [6, 6.07) is 5.72. The maximum Gasteiger partial charge on any atom is 0.199 e. The quantitative estimate of drug-likeness (QED) is 0.567. The van der Waals surface area contributed by atoms with E-state index in [9.17, 15) is 0 Å². The van der Waals surface area contributed by atoms with E-state index in [4.69, 9.17) is 4.74 Å². The molecule has 2 heterocycles. The lowest BCUT2D eigenvalue weighted by molar-refractivity contribution is 0.356. The lowest BCUT2D eigenvalue weighted by atomic mass is 10.5. The van der Waals surface area contributed by atoms with E-state index in [0.717, 1.165) is 18.8 Å². The van der Waals surface area contributed by atoms with Crippen LogP contribution in [0.25, 0.3) is 0 Å². The normalized spacial score (nSPS) is 13.9. The van der Waals surface area contributed by atoms with E-state index < -0.39 is 0 Å². The number of aromatic nitrogens is 1. The Morgan fingerprint density at radius 3 is 2.17 bits per heavy atom. The zero-order valence-corrected chi connectivity index (χ0v) is 7.84. The second-order valence-electron chi connectivity index (χ2n) is 2.09. The summed E-state index contributed by atoms with van der Waals surface area (Å²) in [4.78, 5) is 7.68. The highest BCUT2D eigenvalue weighted by Gasteiger charge is 1.96. The molecule has 0 bridgehead atoms. The maximum absolute atomic E-state index is 4.87. The van der Waals surface area contributed by atoms with Crippen molar-refractivity contribution < 1.29 is 4.74 Å². The van der Waals surface area contributed by atoms with Crippen molar-refractivity contribution in [2.75, 3.05) is 13.2 Å². The molecule has 12 heavy (non-hydrogen) atoms. The molecule has 1 atom stereocenters. The Morgan fingerprint density at radius 1 is 1.25 bits per heavy atom. The highest BCUT2D eigenvalue weighted by Crippen LogP contribution is 1.98. The SMILES string of the molecule is PC1=NCCO1.c1ccncc1. The lowest BCUT2D eigenvalue weighted by Crippen LogP contribution is -1.85. The van der Waals surface area contributed by atoms with Crippen LogP contribution in [0.15, 0.2) is 35.6 Å². The van der Waals surface area contributed by atoms with Gasteiger partial charge in [-0.3, -0.25) is 4.98 Å². The summed E-state index contributed by atoms with van der Waals surface area (Å²) in [5.41, 5.74) is 0.745. The molecule has 3 nitrogen and oxygen atoms in total. The van der Waals surface area contributed by atoms with Crippen LogP contribution in [0.4, 0.5) is 0 Å². The minimum Gasteiger partial charge on any atom is -0.476 e. The fraction of sp³-hybridized carbons (Fsp3) is 0.250. The first kappa shape index (κ1) is 9.14. The topological polar surface area (TPSA) is 34.5 Å². The van der Waals surface area contributed by atoms with Crippen LogP contribution >= 0.6 is 9.24 Å². The van der Waals surface area contributed by atoms with Crippen LogP contribution in [0.3, 0.4) is 0 Å². The fourth-order valence-electron chi connectivity index (χ4n) is 0.664. The number of hydrogen-bond acceptors (Lipinski definition) is 3. The van der Waals surface area contributed by atoms with Crippen molar-refractivity contribution in [1.29, 1.82) is 0 Å². The van der Waals surface area contributed by atoms with Gasteiger partial charge in [-0.1, -0.05) is 6.07 Å². The summed E-state index contributed by atoms with van der Waals surface area (Å²) in [5.74, 6) is 0. The first-order valence-corrected chi connectivity index (χ1v) is 4.25. The summed E-state index contributed by atoms with van der Waals surface area (Å²) in [6.45, 7) is 1.59. The molecule has 0 saturated heterocycles. The van der Waals surface area contributed by atoms with Gasteiger partial charge in [-0.05, 0) is 21.4 Å². The molecule has 0 radical (unpaired) electrons. The second kappa shape index (κ2) is 5.67. The number of rotatable bonds is 0. The van der Waals surface area contributed by atoms with Gasteiger partial charge in [0.25, 0.3) is 0 Å². The van der Waals surface area contributed by atoms with Gasteiger partial charge in [-0.15, -0.1) is 0 Å². The van der Waals surface area contributed by atoms with Crippen LogP contribution in [-0.2, 0) is 4.74 Å². The monoisotopic (exact) mass is 182 g/mol. The van der Waals surface area contributed by atoms with Gasteiger partial charge in [0.2, 0.25) is 0 Å². The van der Waals surface area contributed by atoms with E-state index in [1.165, 1.54) is 0 Å². The lowest BCUT2D eigenvalue weighted by Gasteiger charge is -1.85. The third-order valence-corrected chi connectivity index (χ3v) is 1.52. The van der Waals surface area contributed by atoms with Crippen molar-refractivity contribution >= 4 is 14.9 Å². The first-order chi connectivity index (χ1) is 5.89. The predicted molar refractivity (Wildman–Crippen MR) is 52.2 cm³/mol. The van der Waals surface area contributed by atoms with Gasteiger partial charge < -0.3 is 4.74 Å². The van der Waals surface area contributed by atoms with E-state index in [0.29, 0.717) is 0 Å². The van der Waals surface area contributed by atoms with E-state index in [1.807, 2.05) is 18.2 Å². The van der Waals surface area contributed by atoms with Crippen molar-refractivity contribution in [3.05, 3.63) is 30.6 Å². The molecular formula is C8H11N2OP. The zero-order valence-electron chi connectivity index (χ0n) is 6.68. The molecule has 1 aliphatic rings. The van der Waals surface area contributed by atoms with E-state index in [2.05, 4.69) is 19.2 Å². The van der Waals surface area contributed by atoms with Gasteiger partial charge in [0.05, 0.1) is 6.54 Å². The van der Waals surface area contributed by atoms with Gasteiger partial charge in [0, 0.05) is 12.4 Å². The van der Waals surface area contributed by atoms with Crippen molar-refractivity contribution in [2.45, 2.75) is 0 Å². The van der Waals surface area contributed by atoms with Gasteiger partial charge in [-0.25, -0.2) is 4.99 Å². The minimum atomic E-state index is 0.745. The first-order valence-electron chi connectivity index (χ1n) is 3.67. The third-order valence-electron chi connectivity index (χ3n) is 1.18. The molecule has 0 aliphatic carbocycles. The Hall–Kier alpha value is -0.950. The van der Waals surface area contributed by atoms with Crippen LogP contribution < -0.4 is 0 Å². The predicted octanol–water partition coefficient (Wildman–Crippen LogP) is 1.33. The van der Waals surface area contributed by atoms with Crippen LogP contribution in [0, 0.1) is 0 Å². The number of aliphatic imine (C=N–C) groups is 1. The highest BCUT2D eigenvalue weighted by atomic mass is 31.0. The third kappa shape index (κ3) is 4.04. The molecular weight excluding hydrogens is 171 g/mol. The summed E-state index contributed by atoms with van der Waals surface area (Å²) in [7, 11) is 2.40. The number of nitrogens with zero attached hydrogens (tertiary/aromatic N) is 2. The van der Waals surface area contributed by atoms with E-state index >= 15 is 0 Å². The molecule has 4 heteroatoms. The Kier molecular flexibility index (Phi) is 4.32. The largest absolute Gasteiger partial charge is 0.476 e. The molecule has 1 aliphatic heterocycles. The maximum atomic E-state index is 4.87. The molecule has 0 aromatic carbocycles. The summed E-state index contributed by atoms with van der Waals surface area (Å²) in [6.07, 6.45) is 3.50. The van der Waals surface area contributed by atoms with Crippen molar-refractivity contribution in [1.82, 2.24) is 4.98 Å². The van der Waals surface area contributed by atoms with Gasteiger partial charge in [0.15, 0.2) is 5.64 Å². The molecule has 0 saturated carbocycles. The molecule has 1 aromatic heterocycles. The van der Waals surface area contributed by atoms with Crippen molar-refractivity contribution in [2.24, 2.45) is 4.99 Å². The van der Waals surface area contributed by atoms with Crippen LogP contribution in [-0.4, -0.2) is 23.8 Å². The van der Waals surface area contributed by atoms with Gasteiger partial charge >= 0.3 is 0 Å². The van der Waals surface area contributed by atoms with Crippen molar-refractivity contribution in [3.63, 3.8) is 0 Å². The molecule has 2 rings (SSSR count). The van der Waals surface area contributed by atoms with E-state index in [1.54, 1.807) is 12.4 Å².